The molecule has 1 unspecified atom stereocenters. The molecular formula is C18H27F3N4O3S2. The summed E-state index contributed by atoms with van der Waals surface area (Å²) in [6, 6.07) is 1.50. The van der Waals surface area contributed by atoms with Crippen molar-refractivity contribution < 1.29 is 26.4 Å². The average molecular weight is 469 g/mol. The molecule has 1 N–H and O–H groups in total. The highest BCUT2D eigenvalue weighted by atomic mass is 32.2. The summed E-state index contributed by atoms with van der Waals surface area (Å²) in [5, 5.41) is 0. The lowest BCUT2D eigenvalue weighted by atomic mass is 10.2. The number of carbonyl (C=O) groups excluding carboxylic acids is 1. The van der Waals surface area contributed by atoms with Crippen LogP contribution in [0.3, 0.4) is 0 Å². The average Bonchev–Trinajstić information content (AvgIpc) is 2.96. The van der Waals surface area contributed by atoms with Gasteiger partial charge in [-0.2, -0.15) is 24.9 Å². The third-order valence-electron chi connectivity index (χ3n) is 4.82. The van der Waals surface area contributed by atoms with E-state index in [2.05, 4.69) is 9.71 Å². The van der Waals surface area contributed by atoms with Crippen LogP contribution in [0.1, 0.15) is 25.3 Å². The van der Waals surface area contributed by atoms with E-state index in [1.807, 2.05) is 11.2 Å². The van der Waals surface area contributed by atoms with Gasteiger partial charge in [-0.05, 0) is 43.9 Å². The maximum absolute atomic E-state index is 13.0. The second-order valence-electron chi connectivity index (χ2n) is 6.92. The summed E-state index contributed by atoms with van der Waals surface area (Å²) in [4.78, 5) is 20.4. The normalized spacial score (nSPS) is 17.0. The minimum absolute atomic E-state index is 0.108. The van der Waals surface area contributed by atoms with Gasteiger partial charge in [-0.15, -0.1) is 0 Å². The second-order valence-corrected chi connectivity index (χ2v) is 9.95. The zero-order chi connectivity index (χ0) is 22.4. The number of carbonyl (C=O) groups is 1. The van der Waals surface area contributed by atoms with Crippen molar-refractivity contribution >= 4 is 33.5 Å². The lowest BCUT2D eigenvalue weighted by molar-refractivity contribution is -0.137. The molecule has 1 aromatic heterocycles. The van der Waals surface area contributed by atoms with Gasteiger partial charge in [-0.3, -0.25) is 4.79 Å². The molecule has 1 aliphatic rings. The van der Waals surface area contributed by atoms with E-state index in [-0.39, 0.29) is 11.7 Å². The van der Waals surface area contributed by atoms with Gasteiger partial charge in [0.2, 0.25) is 15.9 Å². The van der Waals surface area contributed by atoms with Gasteiger partial charge in [0.05, 0.1) is 11.3 Å². The minimum atomic E-state index is -4.44. The van der Waals surface area contributed by atoms with Crippen molar-refractivity contribution in [3.63, 3.8) is 0 Å². The third kappa shape index (κ3) is 7.02. The number of aromatic nitrogens is 1. The first-order valence-corrected chi connectivity index (χ1v) is 12.7. The van der Waals surface area contributed by atoms with Gasteiger partial charge in [0, 0.05) is 32.4 Å². The summed E-state index contributed by atoms with van der Waals surface area (Å²) in [6.45, 7) is 3.24. The molecule has 0 aromatic carbocycles. The summed E-state index contributed by atoms with van der Waals surface area (Å²) >= 11 is 1.53. The molecular weight excluding hydrogens is 441 g/mol. The van der Waals surface area contributed by atoms with E-state index >= 15 is 0 Å². The van der Waals surface area contributed by atoms with Crippen LogP contribution in [-0.2, 0) is 21.0 Å². The van der Waals surface area contributed by atoms with Gasteiger partial charge >= 0.3 is 6.18 Å². The summed E-state index contributed by atoms with van der Waals surface area (Å²) in [5.74, 6) is 0.674. The van der Waals surface area contributed by atoms with E-state index in [1.54, 1.807) is 4.90 Å². The van der Waals surface area contributed by atoms with Crippen LogP contribution in [-0.4, -0.2) is 74.2 Å². The fraction of sp³-hybridized carbons (Fsp3) is 0.667. The molecule has 0 bridgehead atoms. The summed E-state index contributed by atoms with van der Waals surface area (Å²) in [6.07, 6.45) is -0.757. The maximum atomic E-state index is 13.0. The van der Waals surface area contributed by atoms with Crippen LogP contribution in [0.2, 0.25) is 0 Å². The van der Waals surface area contributed by atoms with Crippen molar-refractivity contribution in [3.05, 3.63) is 23.9 Å². The summed E-state index contributed by atoms with van der Waals surface area (Å²) < 4.78 is 64.6. The number of alkyl halides is 3. The number of hydrogen-bond donors (Lipinski definition) is 1. The number of amides is 1. The smallest absolute Gasteiger partial charge is 0.355 e. The maximum Gasteiger partial charge on any atom is 0.417 e. The number of hydrogen-bond acceptors (Lipinski definition) is 6. The molecule has 1 fully saturated rings. The van der Waals surface area contributed by atoms with Gasteiger partial charge in [0.1, 0.15) is 11.9 Å². The van der Waals surface area contributed by atoms with E-state index in [1.165, 1.54) is 24.8 Å². The van der Waals surface area contributed by atoms with Crippen LogP contribution in [0.4, 0.5) is 19.0 Å². The Hall–Kier alpha value is -1.53. The number of anilines is 1. The van der Waals surface area contributed by atoms with Crippen molar-refractivity contribution in [1.82, 2.24) is 14.6 Å². The zero-order valence-corrected chi connectivity index (χ0v) is 18.6. The van der Waals surface area contributed by atoms with Crippen LogP contribution in [0.15, 0.2) is 18.3 Å². The number of halogens is 3. The van der Waals surface area contributed by atoms with Gasteiger partial charge < -0.3 is 9.80 Å². The molecule has 1 aromatic rings. The zero-order valence-electron chi connectivity index (χ0n) is 17.0. The Balaban J connectivity index is 2.05. The highest BCUT2D eigenvalue weighted by molar-refractivity contribution is 7.98. The standard InChI is InChI=1S/C18H27F3N4O3S2/c1-3-30(27,28)23-15(7-12-29-2)17(26)25-9-4-8-24(10-11-25)16-6-5-14(13-22-16)18(19,20)21/h5-6,13,15,23H,3-4,7-12H2,1-2H3. The number of thioether (sulfide) groups is 1. The molecule has 1 atom stereocenters. The van der Waals surface area contributed by atoms with E-state index in [0.717, 1.165) is 12.3 Å². The Morgan fingerprint density at radius 2 is 2.00 bits per heavy atom. The highest BCUT2D eigenvalue weighted by Crippen LogP contribution is 2.29. The number of sulfonamides is 1. The summed E-state index contributed by atoms with van der Waals surface area (Å²) in [5.41, 5.74) is -0.808. The van der Waals surface area contributed by atoms with E-state index in [9.17, 15) is 26.4 Å². The lowest BCUT2D eigenvalue weighted by Gasteiger charge is -2.27. The summed E-state index contributed by atoms with van der Waals surface area (Å²) in [7, 11) is -3.53. The van der Waals surface area contributed by atoms with Gasteiger partial charge in [0.15, 0.2) is 0 Å². The van der Waals surface area contributed by atoms with Crippen LogP contribution in [0, 0.1) is 0 Å². The molecule has 170 valence electrons. The topological polar surface area (TPSA) is 82.6 Å². The first-order chi connectivity index (χ1) is 14.1. The van der Waals surface area contributed by atoms with Crippen LogP contribution in [0.5, 0.6) is 0 Å². The van der Waals surface area contributed by atoms with Crippen molar-refractivity contribution in [2.75, 3.05) is 48.8 Å². The number of nitrogens with zero attached hydrogens (tertiary/aromatic N) is 3. The monoisotopic (exact) mass is 468 g/mol. The fourth-order valence-corrected chi connectivity index (χ4v) is 4.39. The number of pyridine rings is 1. The molecule has 2 heterocycles. The van der Waals surface area contributed by atoms with Crippen LogP contribution >= 0.6 is 11.8 Å². The SMILES string of the molecule is CCS(=O)(=O)NC(CCSC)C(=O)N1CCCN(c2ccc(C(F)(F)F)cn2)CC1. The van der Waals surface area contributed by atoms with E-state index < -0.39 is 27.8 Å². The lowest BCUT2D eigenvalue weighted by Crippen LogP contribution is -2.50. The largest absolute Gasteiger partial charge is 0.417 e. The van der Waals surface area contributed by atoms with Crippen LogP contribution < -0.4 is 9.62 Å². The highest BCUT2D eigenvalue weighted by Gasteiger charge is 2.32. The molecule has 0 radical (unpaired) electrons. The first-order valence-electron chi connectivity index (χ1n) is 9.63. The Labute approximate surface area is 179 Å². The molecule has 0 spiro atoms. The van der Waals surface area contributed by atoms with Crippen molar-refractivity contribution in [1.29, 1.82) is 0 Å². The number of nitrogens with one attached hydrogen (secondary N) is 1. The second kappa shape index (κ2) is 10.7. The van der Waals surface area contributed by atoms with Gasteiger partial charge in [-0.1, -0.05) is 0 Å². The van der Waals surface area contributed by atoms with E-state index in [4.69, 9.17) is 0 Å². The quantitative estimate of drug-likeness (QED) is 0.630. The Bertz CT molecular complexity index is 804. The molecule has 0 aliphatic carbocycles. The predicted octanol–water partition coefficient (Wildman–Crippen LogP) is 2.20. The molecule has 7 nitrogen and oxygen atoms in total. The van der Waals surface area contributed by atoms with Gasteiger partial charge in [-0.25, -0.2) is 18.1 Å². The van der Waals surface area contributed by atoms with Crippen LogP contribution in [0.25, 0.3) is 0 Å². The van der Waals surface area contributed by atoms with Crippen molar-refractivity contribution in [3.8, 4) is 0 Å². The Kier molecular flexibility index (Phi) is 8.80. The minimum Gasteiger partial charge on any atom is -0.355 e. The molecule has 2 rings (SSSR count). The predicted molar refractivity (Wildman–Crippen MR) is 112 cm³/mol. The third-order valence-corrected chi connectivity index (χ3v) is 6.87. The van der Waals surface area contributed by atoms with Gasteiger partial charge in [0.25, 0.3) is 0 Å². The number of rotatable bonds is 8. The molecule has 1 amide bonds. The molecule has 12 heteroatoms. The molecule has 1 saturated heterocycles. The fourth-order valence-electron chi connectivity index (χ4n) is 3.10. The molecule has 0 saturated carbocycles. The molecule has 30 heavy (non-hydrogen) atoms. The first kappa shape index (κ1) is 24.7. The Morgan fingerprint density at radius 3 is 2.57 bits per heavy atom. The van der Waals surface area contributed by atoms with Crippen molar-refractivity contribution in [2.24, 2.45) is 0 Å². The molecule has 1 aliphatic heterocycles. The Morgan fingerprint density at radius 1 is 1.27 bits per heavy atom. The van der Waals surface area contributed by atoms with E-state index in [0.29, 0.717) is 50.6 Å². The van der Waals surface area contributed by atoms with Crippen molar-refractivity contribution in [2.45, 2.75) is 32.0 Å².